The van der Waals surface area contributed by atoms with Gasteiger partial charge in [-0.2, -0.15) is 4.98 Å². The molecule has 2 heterocycles. The van der Waals surface area contributed by atoms with Gasteiger partial charge in [0.05, 0.1) is 23.5 Å². The molecule has 5 N–H and O–H groups in total. The summed E-state index contributed by atoms with van der Waals surface area (Å²) in [5, 5.41) is 15.7. The Labute approximate surface area is 199 Å². The van der Waals surface area contributed by atoms with Crippen LogP contribution in [0.1, 0.15) is 38.6 Å². The van der Waals surface area contributed by atoms with Crippen LogP contribution in [0.4, 0.5) is 22.0 Å². The minimum absolute atomic E-state index is 0.0451. The Morgan fingerprint density at radius 2 is 2.03 bits per heavy atom. The second-order valence-corrected chi connectivity index (χ2v) is 9.06. The lowest BCUT2D eigenvalue weighted by Gasteiger charge is -2.29. The molecule has 0 radical (unpaired) electrons. The van der Waals surface area contributed by atoms with Crippen LogP contribution in [0.3, 0.4) is 0 Å². The molecule has 176 valence electrons. The third kappa shape index (κ3) is 4.97. The standard InChI is InChI=1S/C21H24Cl2FN7O2/c1-10(9-32)27-20-26-8-16-19(30-20)31(13-4-2-11(3-5-13)18(25)33)21(28-16)29-17-14(23)6-12(22)7-15(17)24/h6-8,10-11,13,32H,2-5,9H2,1H3,(H2,25,33)(H,28,29)(H,26,27,30)/t10-,11?,13?/m1/s1. The summed E-state index contributed by atoms with van der Waals surface area (Å²) in [6.45, 7) is 1.72. The molecule has 33 heavy (non-hydrogen) atoms. The largest absolute Gasteiger partial charge is 0.394 e. The molecule has 1 aliphatic rings. The van der Waals surface area contributed by atoms with Gasteiger partial charge in [-0.3, -0.25) is 9.36 Å². The van der Waals surface area contributed by atoms with Gasteiger partial charge in [0.25, 0.3) is 0 Å². The fourth-order valence-corrected chi connectivity index (χ4v) is 4.57. The Bertz CT molecular complexity index is 1160. The smallest absolute Gasteiger partial charge is 0.225 e. The van der Waals surface area contributed by atoms with Gasteiger partial charge in [-0.15, -0.1) is 0 Å². The van der Waals surface area contributed by atoms with Crippen molar-refractivity contribution >= 4 is 57.9 Å². The Morgan fingerprint density at radius 1 is 1.30 bits per heavy atom. The number of amides is 1. The van der Waals surface area contributed by atoms with Crippen LogP contribution in [-0.2, 0) is 4.79 Å². The predicted molar refractivity (Wildman–Crippen MR) is 125 cm³/mol. The Hall–Kier alpha value is -2.69. The summed E-state index contributed by atoms with van der Waals surface area (Å²) in [7, 11) is 0. The van der Waals surface area contributed by atoms with Crippen molar-refractivity contribution in [3.63, 3.8) is 0 Å². The van der Waals surface area contributed by atoms with Gasteiger partial charge in [0.1, 0.15) is 11.3 Å². The minimum Gasteiger partial charge on any atom is -0.394 e. The van der Waals surface area contributed by atoms with E-state index in [2.05, 4.69) is 25.6 Å². The van der Waals surface area contributed by atoms with Gasteiger partial charge in [0.15, 0.2) is 5.65 Å². The first-order chi connectivity index (χ1) is 15.8. The average Bonchev–Trinajstić information content (AvgIpc) is 3.13. The van der Waals surface area contributed by atoms with Crippen molar-refractivity contribution < 1.29 is 14.3 Å². The van der Waals surface area contributed by atoms with Crippen LogP contribution >= 0.6 is 23.2 Å². The van der Waals surface area contributed by atoms with Gasteiger partial charge in [0.2, 0.25) is 17.8 Å². The summed E-state index contributed by atoms with van der Waals surface area (Å²) in [4.78, 5) is 25.1. The van der Waals surface area contributed by atoms with Crippen molar-refractivity contribution in [1.29, 1.82) is 0 Å². The molecule has 12 heteroatoms. The van der Waals surface area contributed by atoms with Crippen LogP contribution in [0.25, 0.3) is 11.2 Å². The number of nitrogens with zero attached hydrogens (tertiary/aromatic N) is 4. The fourth-order valence-electron chi connectivity index (χ4n) is 4.05. The Kier molecular flexibility index (Phi) is 6.87. The Morgan fingerprint density at radius 3 is 2.67 bits per heavy atom. The number of imidazole rings is 1. The van der Waals surface area contributed by atoms with E-state index < -0.39 is 5.82 Å². The van der Waals surface area contributed by atoms with Gasteiger partial charge in [-0.1, -0.05) is 23.2 Å². The van der Waals surface area contributed by atoms with Crippen LogP contribution < -0.4 is 16.4 Å². The second kappa shape index (κ2) is 9.66. The fraction of sp³-hybridized carbons (Fsp3) is 0.429. The summed E-state index contributed by atoms with van der Waals surface area (Å²) in [5.41, 5.74) is 6.57. The van der Waals surface area contributed by atoms with E-state index in [1.807, 2.05) is 4.57 Å². The van der Waals surface area contributed by atoms with E-state index in [0.29, 0.717) is 48.7 Å². The van der Waals surface area contributed by atoms with E-state index in [0.717, 1.165) is 0 Å². The molecule has 0 saturated heterocycles. The van der Waals surface area contributed by atoms with Gasteiger partial charge in [0, 0.05) is 23.0 Å². The minimum atomic E-state index is -0.617. The van der Waals surface area contributed by atoms with Gasteiger partial charge >= 0.3 is 0 Å². The molecular formula is C21H24Cl2FN7O2. The van der Waals surface area contributed by atoms with Crippen molar-refractivity contribution in [1.82, 2.24) is 19.5 Å². The van der Waals surface area contributed by atoms with Crippen LogP contribution in [0.15, 0.2) is 18.3 Å². The number of rotatable bonds is 7. The highest BCUT2D eigenvalue weighted by Gasteiger charge is 2.29. The molecule has 1 aliphatic carbocycles. The normalized spacial score (nSPS) is 19.4. The molecule has 1 atom stereocenters. The van der Waals surface area contributed by atoms with Gasteiger partial charge in [-0.25, -0.2) is 14.4 Å². The number of aliphatic hydroxyl groups excluding tert-OH is 1. The molecule has 1 aromatic carbocycles. The second-order valence-electron chi connectivity index (χ2n) is 8.21. The maximum atomic E-state index is 14.6. The number of carbonyl (C=O) groups excluding carboxylic acids is 1. The van der Waals surface area contributed by atoms with Gasteiger partial charge < -0.3 is 21.5 Å². The first-order valence-electron chi connectivity index (χ1n) is 10.6. The van der Waals surface area contributed by atoms with Crippen molar-refractivity contribution in [3.8, 4) is 0 Å². The number of anilines is 3. The van der Waals surface area contributed by atoms with Crippen molar-refractivity contribution in [3.05, 3.63) is 34.2 Å². The number of hydrogen-bond donors (Lipinski definition) is 4. The Balaban J connectivity index is 1.77. The van der Waals surface area contributed by atoms with Crippen LogP contribution in [0.5, 0.6) is 0 Å². The first-order valence-corrected chi connectivity index (χ1v) is 11.4. The molecule has 1 saturated carbocycles. The maximum absolute atomic E-state index is 14.6. The lowest BCUT2D eigenvalue weighted by atomic mass is 9.85. The monoisotopic (exact) mass is 495 g/mol. The number of aliphatic hydroxyl groups is 1. The quantitative estimate of drug-likeness (QED) is 0.389. The van der Waals surface area contributed by atoms with E-state index in [1.165, 1.54) is 12.1 Å². The SMILES string of the molecule is C[C@H](CO)Nc1ncc2nc(Nc3c(F)cc(Cl)cc3Cl)n(C3CCC(C(N)=O)CC3)c2n1. The molecule has 9 nitrogen and oxygen atoms in total. The molecular weight excluding hydrogens is 472 g/mol. The summed E-state index contributed by atoms with van der Waals surface area (Å²) in [6, 6.07) is 2.31. The predicted octanol–water partition coefficient (Wildman–Crippen LogP) is 4.03. The number of carbonyl (C=O) groups is 1. The summed E-state index contributed by atoms with van der Waals surface area (Å²) in [6.07, 6.45) is 4.17. The zero-order valence-electron chi connectivity index (χ0n) is 17.9. The number of halogens is 3. The van der Waals surface area contributed by atoms with E-state index >= 15 is 0 Å². The molecule has 3 aromatic rings. The molecule has 4 rings (SSSR count). The summed E-state index contributed by atoms with van der Waals surface area (Å²) in [5.74, 6) is -0.415. The summed E-state index contributed by atoms with van der Waals surface area (Å²) >= 11 is 12.1. The number of primary amides is 1. The lowest BCUT2D eigenvalue weighted by molar-refractivity contribution is -0.122. The molecule has 2 aromatic heterocycles. The molecule has 1 fully saturated rings. The van der Waals surface area contributed by atoms with Crippen LogP contribution in [0.2, 0.25) is 10.0 Å². The molecule has 0 spiro atoms. The number of nitrogens with two attached hydrogens (primary N) is 1. The average molecular weight is 496 g/mol. The van der Waals surface area contributed by atoms with E-state index in [4.69, 9.17) is 28.9 Å². The van der Waals surface area contributed by atoms with Gasteiger partial charge in [-0.05, 0) is 44.7 Å². The van der Waals surface area contributed by atoms with Crippen molar-refractivity contribution in [2.24, 2.45) is 11.7 Å². The first kappa shape index (κ1) is 23.5. The molecule has 1 amide bonds. The third-order valence-corrected chi connectivity index (χ3v) is 6.31. The zero-order valence-corrected chi connectivity index (χ0v) is 19.4. The third-order valence-electron chi connectivity index (χ3n) is 5.79. The lowest BCUT2D eigenvalue weighted by Crippen LogP contribution is -2.29. The molecule has 0 aliphatic heterocycles. The number of hydrogen-bond acceptors (Lipinski definition) is 7. The highest BCUT2D eigenvalue weighted by Crippen LogP contribution is 2.38. The number of nitrogens with one attached hydrogen (secondary N) is 2. The van der Waals surface area contributed by atoms with Crippen molar-refractivity contribution in [2.45, 2.75) is 44.7 Å². The number of fused-ring (bicyclic) bond motifs is 1. The van der Waals surface area contributed by atoms with E-state index in [-0.39, 0.29) is 46.2 Å². The summed E-state index contributed by atoms with van der Waals surface area (Å²) < 4.78 is 16.5. The maximum Gasteiger partial charge on any atom is 0.225 e. The van der Waals surface area contributed by atoms with E-state index in [1.54, 1.807) is 13.1 Å². The molecule has 0 bridgehead atoms. The topological polar surface area (TPSA) is 131 Å². The highest BCUT2D eigenvalue weighted by molar-refractivity contribution is 6.36. The molecule has 0 unspecified atom stereocenters. The highest BCUT2D eigenvalue weighted by atomic mass is 35.5. The van der Waals surface area contributed by atoms with Crippen LogP contribution in [-0.4, -0.2) is 43.2 Å². The van der Waals surface area contributed by atoms with Crippen LogP contribution in [0, 0.1) is 11.7 Å². The van der Waals surface area contributed by atoms with Crippen molar-refractivity contribution in [2.75, 3.05) is 17.2 Å². The van der Waals surface area contributed by atoms with E-state index in [9.17, 15) is 14.3 Å². The number of aromatic nitrogens is 4. The number of benzene rings is 1. The zero-order chi connectivity index (χ0) is 23.7.